The monoisotopic (exact) mass is 237 g/mol. The van der Waals surface area contributed by atoms with Gasteiger partial charge in [-0.05, 0) is 25.0 Å². The minimum absolute atomic E-state index is 0.250. The fraction of sp³-hybridized carbons (Fsp3) is 0.462. The number of anilines is 2. The molecule has 0 heterocycles. The molecule has 1 rings (SSSR count). The Bertz CT molecular complexity index is 309. The van der Waals surface area contributed by atoms with Crippen LogP contribution in [0.25, 0.3) is 0 Å². The molecule has 0 radical (unpaired) electrons. The fourth-order valence-corrected chi connectivity index (χ4v) is 1.67. The Balaban J connectivity index is 0.000000770. The lowest BCUT2D eigenvalue weighted by atomic mass is 10.2. The molecule has 4 N–H and O–H groups in total. The van der Waals surface area contributed by atoms with Crippen LogP contribution in [0.5, 0.6) is 0 Å². The number of benzene rings is 1. The molecule has 0 aliphatic rings. The van der Waals surface area contributed by atoms with Crippen LogP contribution < -0.4 is 16.4 Å². The molecule has 0 atom stereocenters. The van der Waals surface area contributed by atoms with Gasteiger partial charge in [0.25, 0.3) is 0 Å². The van der Waals surface area contributed by atoms with Gasteiger partial charge in [-0.1, -0.05) is 26.0 Å². The molecule has 1 aromatic rings. The minimum atomic E-state index is 0.250. The van der Waals surface area contributed by atoms with Gasteiger partial charge in [0, 0.05) is 13.1 Å². The Morgan fingerprint density at radius 3 is 2.06 bits per heavy atom. The standard InChI is InChI=1S/C12H20N2.CH3NO/c1-3-9-14(10-4-2)12-8-6-5-7-11(12)13;2-1-3/h5-8H,3-4,9-10,13H2,1-2H3;1H,(H2,2,3). The van der Waals surface area contributed by atoms with Gasteiger partial charge in [-0.3, -0.25) is 4.79 Å². The van der Waals surface area contributed by atoms with E-state index in [1.165, 1.54) is 5.69 Å². The van der Waals surface area contributed by atoms with Crippen LogP contribution in [-0.4, -0.2) is 19.5 Å². The molecule has 0 bridgehead atoms. The lowest BCUT2D eigenvalue weighted by molar-refractivity contribution is -0.106. The van der Waals surface area contributed by atoms with Gasteiger partial charge in [-0.15, -0.1) is 0 Å². The Labute approximate surface area is 104 Å². The first-order valence-corrected chi connectivity index (χ1v) is 5.96. The Hall–Kier alpha value is -1.71. The maximum absolute atomic E-state index is 8.58. The molecule has 4 heteroatoms. The van der Waals surface area contributed by atoms with E-state index in [1.807, 2.05) is 18.2 Å². The zero-order chi connectivity index (χ0) is 13.1. The number of hydrogen-bond acceptors (Lipinski definition) is 3. The van der Waals surface area contributed by atoms with Crippen molar-refractivity contribution in [3.8, 4) is 0 Å². The summed E-state index contributed by atoms with van der Waals surface area (Å²) in [6.07, 6.45) is 2.57. The molecule has 0 saturated heterocycles. The van der Waals surface area contributed by atoms with Crippen LogP contribution in [0.3, 0.4) is 0 Å². The van der Waals surface area contributed by atoms with E-state index >= 15 is 0 Å². The molecule has 0 spiro atoms. The molecule has 0 aliphatic carbocycles. The molecule has 0 aromatic heterocycles. The van der Waals surface area contributed by atoms with Crippen LogP contribution in [0.1, 0.15) is 26.7 Å². The van der Waals surface area contributed by atoms with Crippen LogP contribution in [0.4, 0.5) is 11.4 Å². The molecule has 0 unspecified atom stereocenters. The molecule has 4 nitrogen and oxygen atoms in total. The van der Waals surface area contributed by atoms with Crippen molar-refractivity contribution in [2.75, 3.05) is 23.7 Å². The second kappa shape index (κ2) is 9.51. The van der Waals surface area contributed by atoms with Crippen LogP contribution >= 0.6 is 0 Å². The third-order valence-corrected chi connectivity index (χ3v) is 2.26. The second-order valence-electron chi connectivity index (χ2n) is 3.68. The first kappa shape index (κ1) is 15.3. The number of para-hydroxylation sites is 2. The van der Waals surface area contributed by atoms with Crippen molar-refractivity contribution < 1.29 is 4.79 Å². The van der Waals surface area contributed by atoms with Crippen molar-refractivity contribution in [3.63, 3.8) is 0 Å². The van der Waals surface area contributed by atoms with Crippen molar-refractivity contribution in [2.45, 2.75) is 26.7 Å². The van der Waals surface area contributed by atoms with Crippen molar-refractivity contribution in [3.05, 3.63) is 24.3 Å². The highest BCUT2D eigenvalue weighted by molar-refractivity contribution is 5.67. The molecule has 1 aromatic carbocycles. The maximum atomic E-state index is 8.58. The van der Waals surface area contributed by atoms with E-state index in [4.69, 9.17) is 10.5 Å². The van der Waals surface area contributed by atoms with E-state index in [1.54, 1.807) is 0 Å². The van der Waals surface area contributed by atoms with E-state index in [0.29, 0.717) is 0 Å². The summed E-state index contributed by atoms with van der Waals surface area (Å²) in [6, 6.07) is 8.09. The Morgan fingerprint density at radius 1 is 1.18 bits per heavy atom. The van der Waals surface area contributed by atoms with Crippen LogP contribution in [0.2, 0.25) is 0 Å². The van der Waals surface area contributed by atoms with Gasteiger partial charge in [0.05, 0.1) is 11.4 Å². The van der Waals surface area contributed by atoms with E-state index in [0.717, 1.165) is 31.6 Å². The van der Waals surface area contributed by atoms with Crippen LogP contribution in [-0.2, 0) is 4.79 Å². The number of amides is 1. The Morgan fingerprint density at radius 2 is 1.65 bits per heavy atom. The average Bonchev–Trinajstić information content (AvgIpc) is 2.30. The quantitative estimate of drug-likeness (QED) is 0.607. The number of carbonyl (C=O) groups excluding carboxylic acids is 1. The van der Waals surface area contributed by atoms with E-state index in [9.17, 15) is 0 Å². The van der Waals surface area contributed by atoms with Crippen molar-refractivity contribution >= 4 is 17.8 Å². The van der Waals surface area contributed by atoms with Crippen molar-refractivity contribution in [1.29, 1.82) is 0 Å². The maximum Gasteiger partial charge on any atom is 0.204 e. The van der Waals surface area contributed by atoms with Gasteiger partial charge in [-0.25, -0.2) is 0 Å². The predicted molar refractivity (Wildman–Crippen MR) is 73.9 cm³/mol. The summed E-state index contributed by atoms with van der Waals surface area (Å²) in [4.78, 5) is 10.9. The normalized spacial score (nSPS) is 9.06. The van der Waals surface area contributed by atoms with Gasteiger partial charge in [0.2, 0.25) is 6.41 Å². The number of hydrogen-bond donors (Lipinski definition) is 2. The first-order chi connectivity index (χ1) is 8.21. The third kappa shape index (κ3) is 5.80. The molecule has 0 saturated carbocycles. The molecule has 1 amide bonds. The van der Waals surface area contributed by atoms with Gasteiger partial charge < -0.3 is 16.4 Å². The number of nitrogens with zero attached hydrogens (tertiary/aromatic N) is 1. The number of rotatable bonds is 5. The smallest absolute Gasteiger partial charge is 0.204 e. The fourth-order valence-electron chi connectivity index (χ4n) is 1.67. The number of carbonyl (C=O) groups is 1. The zero-order valence-electron chi connectivity index (χ0n) is 10.7. The Kier molecular flexibility index (Phi) is 8.55. The molecule has 0 aliphatic heterocycles. The summed E-state index contributed by atoms with van der Waals surface area (Å²) < 4.78 is 0. The number of nitrogens with two attached hydrogens (primary N) is 2. The van der Waals surface area contributed by atoms with Crippen LogP contribution in [0.15, 0.2) is 24.3 Å². The second-order valence-corrected chi connectivity index (χ2v) is 3.68. The first-order valence-electron chi connectivity index (χ1n) is 5.96. The van der Waals surface area contributed by atoms with E-state index in [2.05, 4.69) is 30.5 Å². The summed E-state index contributed by atoms with van der Waals surface area (Å²) >= 11 is 0. The van der Waals surface area contributed by atoms with Gasteiger partial charge in [0.15, 0.2) is 0 Å². The molecule has 96 valence electrons. The molecular formula is C13H23N3O. The summed E-state index contributed by atoms with van der Waals surface area (Å²) in [7, 11) is 0. The van der Waals surface area contributed by atoms with E-state index in [-0.39, 0.29) is 6.41 Å². The summed E-state index contributed by atoms with van der Waals surface area (Å²) in [5.41, 5.74) is 12.2. The summed E-state index contributed by atoms with van der Waals surface area (Å²) in [5, 5.41) is 0. The summed E-state index contributed by atoms with van der Waals surface area (Å²) in [6.45, 7) is 6.56. The highest BCUT2D eigenvalue weighted by Crippen LogP contribution is 2.22. The van der Waals surface area contributed by atoms with Gasteiger partial charge >= 0.3 is 0 Å². The molecule has 0 fully saturated rings. The number of nitrogen functional groups attached to an aromatic ring is 1. The largest absolute Gasteiger partial charge is 0.397 e. The molecular weight excluding hydrogens is 214 g/mol. The highest BCUT2D eigenvalue weighted by Gasteiger charge is 2.06. The zero-order valence-corrected chi connectivity index (χ0v) is 10.7. The number of primary amides is 1. The minimum Gasteiger partial charge on any atom is -0.397 e. The van der Waals surface area contributed by atoms with Gasteiger partial charge in [-0.2, -0.15) is 0 Å². The van der Waals surface area contributed by atoms with Crippen molar-refractivity contribution in [1.82, 2.24) is 0 Å². The van der Waals surface area contributed by atoms with Crippen molar-refractivity contribution in [2.24, 2.45) is 5.73 Å². The lowest BCUT2D eigenvalue weighted by Gasteiger charge is -2.25. The SMILES string of the molecule is CCCN(CCC)c1ccccc1N.NC=O. The summed E-state index contributed by atoms with van der Waals surface area (Å²) in [5.74, 6) is 0. The average molecular weight is 237 g/mol. The van der Waals surface area contributed by atoms with Crippen LogP contribution in [0, 0.1) is 0 Å². The lowest BCUT2D eigenvalue weighted by Crippen LogP contribution is -2.25. The highest BCUT2D eigenvalue weighted by atomic mass is 16.1. The molecule has 17 heavy (non-hydrogen) atoms. The van der Waals surface area contributed by atoms with Gasteiger partial charge in [0.1, 0.15) is 0 Å². The third-order valence-electron chi connectivity index (χ3n) is 2.26. The topological polar surface area (TPSA) is 72.3 Å². The van der Waals surface area contributed by atoms with E-state index < -0.39 is 0 Å². The predicted octanol–water partition coefficient (Wildman–Crippen LogP) is 2.00.